The summed E-state index contributed by atoms with van der Waals surface area (Å²) in [6, 6.07) is 0. The van der Waals surface area contributed by atoms with Crippen molar-refractivity contribution in [1.29, 1.82) is 0 Å². The number of unbranched alkanes of at least 4 members (excludes halogenated alkanes) is 6. The highest BCUT2D eigenvalue weighted by Gasteiger charge is 2.05. The molecule has 0 aromatic carbocycles. The van der Waals surface area contributed by atoms with Gasteiger partial charge in [0, 0.05) is 25.7 Å². The number of carbonyl (C=O) groups is 2. The fourth-order valence-electron chi connectivity index (χ4n) is 2.23. The van der Waals surface area contributed by atoms with Crippen molar-refractivity contribution in [2.24, 2.45) is 0 Å². The predicted octanol–water partition coefficient (Wildman–Crippen LogP) is 5.24. The van der Waals surface area contributed by atoms with E-state index in [0.717, 1.165) is 32.1 Å². The Morgan fingerprint density at radius 1 is 0.526 bits per heavy atom. The predicted molar refractivity (Wildman–Crippen MR) is 81.4 cm³/mol. The molecular weight excluding hydrogens is 236 g/mol. The van der Waals surface area contributed by atoms with Gasteiger partial charge in [0.15, 0.2) is 0 Å². The third kappa shape index (κ3) is 13.6. The fraction of sp³-hybridized carbons (Fsp3) is 0.882. The highest BCUT2D eigenvalue weighted by Crippen LogP contribution is 2.09. The maximum absolute atomic E-state index is 11.6. The van der Waals surface area contributed by atoms with Gasteiger partial charge in [-0.05, 0) is 19.3 Å². The fourth-order valence-corrected chi connectivity index (χ4v) is 2.23. The summed E-state index contributed by atoms with van der Waals surface area (Å²) in [6.45, 7) is 4.34. The number of hydrogen-bond acceptors (Lipinski definition) is 2. The van der Waals surface area contributed by atoms with Gasteiger partial charge >= 0.3 is 0 Å². The largest absolute Gasteiger partial charge is 0.300 e. The molecule has 0 aromatic heterocycles. The normalized spacial score (nSPS) is 10.6. The van der Waals surface area contributed by atoms with Gasteiger partial charge in [-0.15, -0.1) is 0 Å². The molecule has 2 heteroatoms. The maximum atomic E-state index is 11.6. The van der Waals surface area contributed by atoms with Crippen LogP contribution in [0.1, 0.15) is 97.3 Å². The van der Waals surface area contributed by atoms with Crippen LogP contribution in [0.5, 0.6) is 0 Å². The van der Waals surface area contributed by atoms with Crippen molar-refractivity contribution in [2.75, 3.05) is 0 Å². The quantitative estimate of drug-likeness (QED) is 0.404. The minimum Gasteiger partial charge on any atom is -0.300 e. The Bertz CT molecular complexity index is 233. The zero-order valence-electron chi connectivity index (χ0n) is 13.0. The van der Waals surface area contributed by atoms with E-state index >= 15 is 0 Å². The molecule has 0 saturated heterocycles. The molecule has 0 fully saturated rings. The lowest BCUT2D eigenvalue weighted by Crippen LogP contribution is -2.02. The van der Waals surface area contributed by atoms with Gasteiger partial charge in [-0.25, -0.2) is 0 Å². The van der Waals surface area contributed by atoms with Crippen molar-refractivity contribution in [3.63, 3.8) is 0 Å². The van der Waals surface area contributed by atoms with E-state index in [2.05, 4.69) is 13.8 Å². The topological polar surface area (TPSA) is 34.1 Å². The number of hydrogen-bond donors (Lipinski definition) is 0. The van der Waals surface area contributed by atoms with E-state index < -0.39 is 0 Å². The molecule has 0 aliphatic heterocycles. The molecule has 0 bridgehead atoms. The summed E-state index contributed by atoms with van der Waals surface area (Å²) in [6.07, 6.45) is 12.7. The van der Waals surface area contributed by atoms with Crippen LogP contribution in [0.2, 0.25) is 0 Å². The van der Waals surface area contributed by atoms with Crippen LogP contribution in [0, 0.1) is 0 Å². The molecule has 0 atom stereocenters. The van der Waals surface area contributed by atoms with Crippen molar-refractivity contribution in [3.8, 4) is 0 Å². The second kappa shape index (κ2) is 13.8. The average Bonchev–Trinajstić information content (AvgIpc) is 2.39. The van der Waals surface area contributed by atoms with Crippen LogP contribution in [-0.2, 0) is 9.59 Å². The summed E-state index contributed by atoms with van der Waals surface area (Å²) >= 11 is 0. The van der Waals surface area contributed by atoms with Crippen molar-refractivity contribution in [2.45, 2.75) is 97.3 Å². The van der Waals surface area contributed by atoms with Crippen LogP contribution in [-0.4, -0.2) is 11.6 Å². The minimum atomic E-state index is 0.337. The Kier molecular flexibility index (Phi) is 13.3. The van der Waals surface area contributed by atoms with Gasteiger partial charge in [0.2, 0.25) is 0 Å². The van der Waals surface area contributed by atoms with E-state index in [9.17, 15) is 9.59 Å². The second-order valence-electron chi connectivity index (χ2n) is 5.55. The Hall–Kier alpha value is -0.660. The first-order valence-electron chi connectivity index (χ1n) is 8.24. The minimum absolute atomic E-state index is 0.337. The van der Waals surface area contributed by atoms with Crippen molar-refractivity contribution in [1.82, 2.24) is 0 Å². The smallest absolute Gasteiger partial charge is 0.132 e. The van der Waals surface area contributed by atoms with Crippen LogP contribution in [0.15, 0.2) is 0 Å². The number of rotatable bonds is 14. The average molecular weight is 268 g/mol. The zero-order valence-corrected chi connectivity index (χ0v) is 13.0. The van der Waals surface area contributed by atoms with Crippen molar-refractivity contribution in [3.05, 3.63) is 0 Å². The molecule has 0 saturated carbocycles. The van der Waals surface area contributed by atoms with Gasteiger partial charge in [0.1, 0.15) is 11.6 Å². The van der Waals surface area contributed by atoms with Crippen LogP contribution in [0.3, 0.4) is 0 Å². The first kappa shape index (κ1) is 18.3. The molecule has 0 aliphatic carbocycles. The van der Waals surface area contributed by atoms with Gasteiger partial charge in [-0.2, -0.15) is 0 Å². The first-order chi connectivity index (χ1) is 9.20. The molecule has 112 valence electrons. The van der Waals surface area contributed by atoms with E-state index in [1.807, 2.05) is 0 Å². The maximum Gasteiger partial charge on any atom is 0.132 e. The molecular formula is C17H32O2. The highest BCUT2D eigenvalue weighted by atomic mass is 16.1. The summed E-state index contributed by atoms with van der Waals surface area (Å²) in [7, 11) is 0. The molecule has 0 N–H and O–H groups in total. The van der Waals surface area contributed by atoms with Gasteiger partial charge < -0.3 is 0 Å². The van der Waals surface area contributed by atoms with Gasteiger partial charge in [0.25, 0.3) is 0 Å². The standard InChI is InChI=1S/C17H32O2/c1-3-5-7-8-10-13-17(19)15-11-14-16(18)12-9-6-4-2/h3-15H2,1-2H3. The van der Waals surface area contributed by atoms with Crippen molar-refractivity contribution < 1.29 is 9.59 Å². The summed E-state index contributed by atoms with van der Waals surface area (Å²) < 4.78 is 0. The third-order valence-electron chi connectivity index (χ3n) is 3.53. The lowest BCUT2D eigenvalue weighted by Gasteiger charge is -2.02. The molecule has 0 spiro atoms. The van der Waals surface area contributed by atoms with E-state index in [0.29, 0.717) is 37.2 Å². The molecule has 0 heterocycles. The molecule has 19 heavy (non-hydrogen) atoms. The summed E-state index contributed by atoms with van der Waals surface area (Å²) in [5, 5.41) is 0. The van der Waals surface area contributed by atoms with E-state index in [4.69, 9.17) is 0 Å². The third-order valence-corrected chi connectivity index (χ3v) is 3.53. The molecule has 0 aromatic rings. The Morgan fingerprint density at radius 2 is 0.895 bits per heavy atom. The van der Waals surface area contributed by atoms with Crippen LogP contribution < -0.4 is 0 Å². The summed E-state index contributed by atoms with van der Waals surface area (Å²) in [4.78, 5) is 23.1. The Balaban J connectivity index is 3.34. The molecule has 0 amide bonds. The SMILES string of the molecule is CCCCCCCC(=O)CCCC(=O)CCCCC. The zero-order chi connectivity index (χ0) is 14.3. The Labute approximate surface area is 119 Å². The van der Waals surface area contributed by atoms with Crippen LogP contribution in [0.4, 0.5) is 0 Å². The monoisotopic (exact) mass is 268 g/mol. The molecule has 0 aliphatic rings. The second-order valence-corrected chi connectivity index (χ2v) is 5.55. The lowest BCUT2D eigenvalue weighted by atomic mass is 10.0. The van der Waals surface area contributed by atoms with E-state index in [1.54, 1.807) is 0 Å². The van der Waals surface area contributed by atoms with Gasteiger partial charge in [0.05, 0.1) is 0 Å². The van der Waals surface area contributed by atoms with Gasteiger partial charge in [-0.3, -0.25) is 9.59 Å². The van der Waals surface area contributed by atoms with E-state index in [1.165, 1.54) is 25.7 Å². The van der Waals surface area contributed by atoms with Crippen molar-refractivity contribution >= 4 is 11.6 Å². The molecule has 0 rings (SSSR count). The number of ketones is 2. The first-order valence-corrected chi connectivity index (χ1v) is 8.24. The molecule has 0 unspecified atom stereocenters. The van der Waals surface area contributed by atoms with Gasteiger partial charge in [-0.1, -0.05) is 52.4 Å². The summed E-state index contributed by atoms with van der Waals surface area (Å²) in [5.74, 6) is 0.682. The highest BCUT2D eigenvalue weighted by molar-refractivity contribution is 5.81. The molecule has 0 radical (unpaired) electrons. The summed E-state index contributed by atoms with van der Waals surface area (Å²) in [5.41, 5.74) is 0. The van der Waals surface area contributed by atoms with Crippen LogP contribution >= 0.6 is 0 Å². The number of Topliss-reactive ketones (excluding diaryl/α,β-unsaturated/α-hetero) is 2. The van der Waals surface area contributed by atoms with Crippen LogP contribution in [0.25, 0.3) is 0 Å². The number of carbonyl (C=O) groups excluding carboxylic acids is 2. The Morgan fingerprint density at radius 3 is 1.42 bits per heavy atom. The lowest BCUT2D eigenvalue weighted by molar-refractivity contribution is -0.120. The molecule has 2 nitrogen and oxygen atoms in total. The van der Waals surface area contributed by atoms with E-state index in [-0.39, 0.29) is 0 Å².